The van der Waals surface area contributed by atoms with Crippen molar-refractivity contribution in [3.8, 4) is 11.1 Å². The molecular formula is C21H20ClN5. The number of hydrogen-bond acceptors (Lipinski definition) is 4. The van der Waals surface area contributed by atoms with Crippen LogP contribution in [0.15, 0.2) is 54.9 Å². The van der Waals surface area contributed by atoms with Crippen molar-refractivity contribution in [3.05, 3.63) is 71.3 Å². The van der Waals surface area contributed by atoms with Gasteiger partial charge in [-0.25, -0.2) is 9.97 Å². The fourth-order valence-corrected chi connectivity index (χ4v) is 3.37. The summed E-state index contributed by atoms with van der Waals surface area (Å²) in [5.74, 6) is 1.55. The zero-order valence-electron chi connectivity index (χ0n) is 15.4. The number of benzene rings is 2. The molecule has 0 saturated carbocycles. The minimum atomic E-state index is 0.0586. The first-order valence-corrected chi connectivity index (χ1v) is 9.17. The summed E-state index contributed by atoms with van der Waals surface area (Å²) in [6, 6.07) is 14.1. The number of nitrogens with zero attached hydrogens (tertiary/aromatic N) is 4. The third-order valence-corrected chi connectivity index (χ3v) is 4.78. The maximum atomic E-state index is 6.14. The summed E-state index contributed by atoms with van der Waals surface area (Å²) < 4.78 is 1.80. The van der Waals surface area contributed by atoms with E-state index >= 15 is 0 Å². The molecule has 1 N–H and O–H groups in total. The van der Waals surface area contributed by atoms with Gasteiger partial charge >= 0.3 is 0 Å². The van der Waals surface area contributed by atoms with Gasteiger partial charge in [0.2, 0.25) is 0 Å². The van der Waals surface area contributed by atoms with E-state index < -0.39 is 0 Å². The summed E-state index contributed by atoms with van der Waals surface area (Å²) in [6.45, 7) is 4.00. The van der Waals surface area contributed by atoms with Crippen molar-refractivity contribution in [1.82, 2.24) is 19.7 Å². The van der Waals surface area contributed by atoms with Gasteiger partial charge in [-0.1, -0.05) is 29.8 Å². The standard InChI is InChI=1S/C21H20ClN5/c1-13(15-5-4-6-18(22)9-15)24-21-19-10-16(17-11-23-27(3)12-17)7-8-20(19)25-14(2)26-21/h4-13H,1-3H3,(H,24,25,26). The molecule has 0 aliphatic heterocycles. The monoisotopic (exact) mass is 377 g/mol. The van der Waals surface area contributed by atoms with Gasteiger partial charge in [-0.2, -0.15) is 5.10 Å². The molecule has 136 valence electrons. The summed E-state index contributed by atoms with van der Waals surface area (Å²) in [7, 11) is 1.91. The van der Waals surface area contributed by atoms with Crippen molar-refractivity contribution in [1.29, 1.82) is 0 Å². The Labute approximate surface area is 163 Å². The third-order valence-electron chi connectivity index (χ3n) is 4.55. The van der Waals surface area contributed by atoms with Crippen LogP contribution in [0.2, 0.25) is 5.02 Å². The Morgan fingerprint density at radius 3 is 2.67 bits per heavy atom. The number of nitrogens with one attached hydrogen (secondary N) is 1. The van der Waals surface area contributed by atoms with Gasteiger partial charge in [0, 0.05) is 29.2 Å². The van der Waals surface area contributed by atoms with E-state index in [1.165, 1.54) is 0 Å². The molecule has 2 heterocycles. The highest BCUT2D eigenvalue weighted by molar-refractivity contribution is 6.30. The molecule has 0 aliphatic carbocycles. The first kappa shape index (κ1) is 17.5. The van der Waals surface area contributed by atoms with Gasteiger partial charge in [-0.15, -0.1) is 0 Å². The van der Waals surface area contributed by atoms with Gasteiger partial charge in [0.15, 0.2) is 0 Å². The summed E-state index contributed by atoms with van der Waals surface area (Å²) in [4.78, 5) is 9.23. The summed E-state index contributed by atoms with van der Waals surface area (Å²) in [5.41, 5.74) is 4.17. The van der Waals surface area contributed by atoms with Crippen LogP contribution >= 0.6 is 11.6 Å². The molecular weight excluding hydrogens is 358 g/mol. The molecule has 0 saturated heterocycles. The highest BCUT2D eigenvalue weighted by atomic mass is 35.5. The van der Waals surface area contributed by atoms with Gasteiger partial charge in [-0.05, 0) is 49.2 Å². The van der Waals surface area contributed by atoms with Crippen molar-refractivity contribution >= 4 is 28.3 Å². The predicted molar refractivity (Wildman–Crippen MR) is 110 cm³/mol. The molecule has 0 fully saturated rings. The summed E-state index contributed by atoms with van der Waals surface area (Å²) in [6.07, 6.45) is 3.86. The van der Waals surface area contributed by atoms with Crippen LogP contribution in [0.4, 0.5) is 5.82 Å². The van der Waals surface area contributed by atoms with Crippen LogP contribution in [-0.4, -0.2) is 19.7 Å². The van der Waals surface area contributed by atoms with Crippen molar-refractivity contribution in [2.45, 2.75) is 19.9 Å². The van der Waals surface area contributed by atoms with Crippen LogP contribution in [0, 0.1) is 6.92 Å². The second-order valence-electron chi connectivity index (χ2n) is 6.68. The first-order valence-electron chi connectivity index (χ1n) is 8.79. The highest BCUT2D eigenvalue weighted by Crippen LogP contribution is 2.29. The number of hydrogen-bond donors (Lipinski definition) is 1. The number of halogens is 1. The van der Waals surface area contributed by atoms with Gasteiger partial charge in [-0.3, -0.25) is 4.68 Å². The number of fused-ring (bicyclic) bond motifs is 1. The second-order valence-corrected chi connectivity index (χ2v) is 7.11. The minimum Gasteiger partial charge on any atom is -0.363 e. The van der Waals surface area contributed by atoms with Crippen molar-refractivity contribution in [2.75, 3.05) is 5.32 Å². The zero-order valence-corrected chi connectivity index (χ0v) is 16.2. The predicted octanol–water partition coefficient (Wildman–Crippen LogP) is 5.17. The number of aromatic nitrogens is 4. The number of aryl methyl sites for hydroxylation is 2. The lowest BCUT2D eigenvalue weighted by molar-refractivity contribution is 0.768. The van der Waals surface area contributed by atoms with E-state index in [1.807, 2.05) is 50.6 Å². The Morgan fingerprint density at radius 1 is 1.07 bits per heavy atom. The molecule has 27 heavy (non-hydrogen) atoms. The van der Waals surface area contributed by atoms with E-state index in [4.69, 9.17) is 11.6 Å². The molecule has 4 aromatic rings. The fourth-order valence-electron chi connectivity index (χ4n) is 3.17. The van der Waals surface area contributed by atoms with Gasteiger partial charge in [0.25, 0.3) is 0 Å². The van der Waals surface area contributed by atoms with Crippen LogP contribution in [0.3, 0.4) is 0 Å². The normalized spacial score (nSPS) is 12.3. The molecule has 4 rings (SSSR count). The van der Waals surface area contributed by atoms with E-state index in [0.29, 0.717) is 0 Å². The van der Waals surface area contributed by atoms with E-state index in [0.717, 1.165) is 44.3 Å². The molecule has 1 atom stereocenters. The van der Waals surface area contributed by atoms with E-state index in [-0.39, 0.29) is 6.04 Å². The van der Waals surface area contributed by atoms with Crippen LogP contribution in [0.25, 0.3) is 22.0 Å². The molecule has 2 aromatic carbocycles. The quantitative estimate of drug-likeness (QED) is 0.533. The minimum absolute atomic E-state index is 0.0586. The van der Waals surface area contributed by atoms with E-state index in [2.05, 4.69) is 45.5 Å². The average molecular weight is 378 g/mol. The Bertz CT molecular complexity index is 1120. The third kappa shape index (κ3) is 3.64. The molecule has 6 heteroatoms. The molecule has 0 bridgehead atoms. The number of rotatable bonds is 4. The first-order chi connectivity index (χ1) is 13.0. The smallest absolute Gasteiger partial charge is 0.138 e. The Balaban J connectivity index is 1.76. The Hall–Kier alpha value is -2.92. The average Bonchev–Trinajstić information content (AvgIpc) is 3.07. The zero-order chi connectivity index (χ0) is 19.0. The lowest BCUT2D eigenvalue weighted by Crippen LogP contribution is -2.09. The maximum absolute atomic E-state index is 6.14. The SMILES string of the molecule is Cc1nc(NC(C)c2cccc(Cl)c2)c2cc(-c3cnn(C)c3)ccc2n1. The molecule has 0 spiro atoms. The van der Waals surface area contributed by atoms with Crippen molar-refractivity contribution in [2.24, 2.45) is 7.05 Å². The lowest BCUT2D eigenvalue weighted by atomic mass is 10.1. The van der Waals surface area contributed by atoms with Crippen molar-refractivity contribution < 1.29 is 0 Å². The van der Waals surface area contributed by atoms with Gasteiger partial charge in [0.1, 0.15) is 11.6 Å². The van der Waals surface area contributed by atoms with Crippen LogP contribution in [0.5, 0.6) is 0 Å². The van der Waals surface area contributed by atoms with Crippen LogP contribution in [0.1, 0.15) is 24.4 Å². The molecule has 0 amide bonds. The molecule has 0 aliphatic rings. The topological polar surface area (TPSA) is 55.6 Å². The maximum Gasteiger partial charge on any atom is 0.138 e. The van der Waals surface area contributed by atoms with E-state index in [1.54, 1.807) is 4.68 Å². The largest absolute Gasteiger partial charge is 0.363 e. The molecule has 2 aromatic heterocycles. The fraction of sp³-hybridized carbons (Fsp3) is 0.190. The van der Waals surface area contributed by atoms with Crippen LogP contribution in [-0.2, 0) is 7.05 Å². The Morgan fingerprint density at radius 2 is 1.93 bits per heavy atom. The van der Waals surface area contributed by atoms with Gasteiger partial charge < -0.3 is 5.32 Å². The molecule has 5 nitrogen and oxygen atoms in total. The second kappa shape index (κ2) is 7.00. The van der Waals surface area contributed by atoms with Gasteiger partial charge in [0.05, 0.1) is 17.8 Å². The highest BCUT2D eigenvalue weighted by Gasteiger charge is 2.12. The lowest BCUT2D eigenvalue weighted by Gasteiger charge is -2.17. The Kier molecular flexibility index (Phi) is 4.54. The van der Waals surface area contributed by atoms with Crippen LogP contribution < -0.4 is 5.32 Å². The summed E-state index contributed by atoms with van der Waals surface area (Å²) in [5, 5.41) is 9.49. The van der Waals surface area contributed by atoms with Crippen molar-refractivity contribution in [3.63, 3.8) is 0 Å². The van der Waals surface area contributed by atoms with E-state index in [9.17, 15) is 0 Å². The molecule has 0 radical (unpaired) electrons. The summed E-state index contributed by atoms with van der Waals surface area (Å²) >= 11 is 6.14. The number of anilines is 1. The molecule has 1 unspecified atom stereocenters.